The molecule has 0 aromatic heterocycles. The second kappa shape index (κ2) is 6.21. The summed E-state index contributed by atoms with van der Waals surface area (Å²) in [6.07, 6.45) is 8.92. The Morgan fingerprint density at radius 2 is 1.91 bits per heavy atom. The van der Waals surface area contributed by atoms with E-state index >= 15 is 0 Å². The van der Waals surface area contributed by atoms with Crippen LogP contribution in [0.15, 0.2) is 24.8 Å². The molecule has 0 N–H and O–H groups in total. The van der Waals surface area contributed by atoms with Crippen LogP contribution in [0.4, 0.5) is 0 Å². The monoisotopic (exact) mass is 152 g/mol. The van der Waals surface area contributed by atoms with Crippen molar-refractivity contribution in [2.45, 2.75) is 33.6 Å². The van der Waals surface area contributed by atoms with Crippen LogP contribution in [-0.2, 0) is 0 Å². The van der Waals surface area contributed by atoms with Crippen molar-refractivity contribution in [3.8, 4) is 0 Å². The molecule has 2 atom stereocenters. The molecule has 11 heavy (non-hydrogen) atoms. The van der Waals surface area contributed by atoms with E-state index < -0.39 is 0 Å². The summed E-state index contributed by atoms with van der Waals surface area (Å²) in [5, 5.41) is 0. The lowest BCUT2D eigenvalue weighted by molar-refractivity contribution is 0.683. The van der Waals surface area contributed by atoms with Crippen LogP contribution in [0.5, 0.6) is 0 Å². The van der Waals surface area contributed by atoms with Crippen molar-refractivity contribution in [1.82, 2.24) is 0 Å². The first-order valence-electron chi connectivity index (χ1n) is 4.49. The Morgan fingerprint density at radius 3 is 2.36 bits per heavy atom. The van der Waals surface area contributed by atoms with Gasteiger partial charge in [0.2, 0.25) is 0 Å². The van der Waals surface area contributed by atoms with Gasteiger partial charge < -0.3 is 0 Å². The molecule has 0 rings (SSSR count). The smallest absolute Gasteiger partial charge is 0.0230 e. The molecule has 0 heterocycles. The van der Waals surface area contributed by atoms with Gasteiger partial charge in [0.05, 0.1) is 0 Å². The maximum Gasteiger partial charge on any atom is -0.0230 e. The van der Waals surface area contributed by atoms with Crippen LogP contribution in [-0.4, -0.2) is 0 Å². The predicted octanol–water partition coefficient (Wildman–Crippen LogP) is 3.80. The molecule has 0 aliphatic carbocycles. The van der Waals surface area contributed by atoms with E-state index in [2.05, 4.69) is 39.5 Å². The largest absolute Gasteiger partial charge is 0.103 e. The van der Waals surface area contributed by atoms with Crippen LogP contribution < -0.4 is 0 Å². The van der Waals surface area contributed by atoms with Crippen molar-refractivity contribution in [2.24, 2.45) is 11.8 Å². The summed E-state index contributed by atoms with van der Waals surface area (Å²) in [5.74, 6) is 1.35. The zero-order valence-electron chi connectivity index (χ0n) is 8.01. The quantitative estimate of drug-likeness (QED) is 0.526. The Morgan fingerprint density at radius 1 is 1.27 bits per heavy atom. The van der Waals surface area contributed by atoms with Crippen molar-refractivity contribution in [3.63, 3.8) is 0 Å². The molecule has 0 saturated carbocycles. The van der Waals surface area contributed by atoms with Crippen molar-refractivity contribution in [3.05, 3.63) is 24.8 Å². The summed E-state index contributed by atoms with van der Waals surface area (Å²) in [6, 6.07) is 0. The maximum absolute atomic E-state index is 3.74. The first-order valence-corrected chi connectivity index (χ1v) is 4.49. The van der Waals surface area contributed by atoms with Gasteiger partial charge in [0.25, 0.3) is 0 Å². The minimum atomic E-state index is 0.621. The molecular weight excluding hydrogens is 132 g/mol. The molecule has 0 aromatic rings. The first kappa shape index (κ1) is 10.5. The molecule has 0 aromatic carbocycles. The Bertz CT molecular complexity index is 122. The minimum absolute atomic E-state index is 0.621. The van der Waals surface area contributed by atoms with Gasteiger partial charge in [-0.1, -0.05) is 45.4 Å². The summed E-state index contributed by atoms with van der Waals surface area (Å²) in [4.78, 5) is 0. The van der Waals surface area contributed by atoms with Crippen molar-refractivity contribution in [1.29, 1.82) is 0 Å². The third-order valence-corrected chi connectivity index (χ3v) is 2.02. The Labute approximate surface area is 71.0 Å². The van der Waals surface area contributed by atoms with E-state index in [1.807, 2.05) is 6.08 Å². The van der Waals surface area contributed by atoms with E-state index in [0.717, 1.165) is 12.3 Å². The van der Waals surface area contributed by atoms with E-state index in [1.54, 1.807) is 0 Å². The van der Waals surface area contributed by atoms with E-state index in [0.29, 0.717) is 5.92 Å². The van der Waals surface area contributed by atoms with Crippen LogP contribution in [0.3, 0.4) is 0 Å². The van der Waals surface area contributed by atoms with Gasteiger partial charge in [-0.15, -0.1) is 6.58 Å². The molecule has 0 bridgehead atoms. The number of hydrogen-bond donors (Lipinski definition) is 0. The third kappa shape index (κ3) is 5.90. The van der Waals surface area contributed by atoms with Gasteiger partial charge in [0.15, 0.2) is 0 Å². The number of allylic oxidation sites excluding steroid dienone is 3. The highest BCUT2D eigenvalue weighted by atomic mass is 14.0. The molecule has 0 heteroatoms. The molecule has 0 nitrogen and oxygen atoms in total. The molecule has 0 aliphatic rings. The topological polar surface area (TPSA) is 0 Å². The first-order chi connectivity index (χ1) is 5.20. The van der Waals surface area contributed by atoms with Crippen molar-refractivity contribution >= 4 is 0 Å². The highest BCUT2D eigenvalue weighted by Gasteiger charge is 1.92. The average Bonchev–Trinajstić information content (AvgIpc) is 2.04. The third-order valence-electron chi connectivity index (χ3n) is 2.02. The lowest BCUT2D eigenvalue weighted by Gasteiger charge is -2.01. The molecule has 64 valence electrons. The van der Waals surface area contributed by atoms with E-state index in [9.17, 15) is 0 Å². The SMILES string of the molecule is C=CC(C)C/C=C\C(C)CC. The predicted molar refractivity (Wildman–Crippen MR) is 52.6 cm³/mol. The van der Waals surface area contributed by atoms with Crippen LogP contribution in [0.1, 0.15) is 33.6 Å². The fourth-order valence-electron chi connectivity index (χ4n) is 0.758. The fraction of sp³-hybridized carbons (Fsp3) is 0.636. The lowest BCUT2D eigenvalue weighted by atomic mass is 10.0. The Hall–Kier alpha value is -0.520. The normalized spacial score (nSPS) is 16.6. The molecule has 2 unspecified atom stereocenters. The van der Waals surface area contributed by atoms with Crippen molar-refractivity contribution in [2.75, 3.05) is 0 Å². The van der Waals surface area contributed by atoms with Gasteiger partial charge in [-0.3, -0.25) is 0 Å². The highest BCUT2D eigenvalue weighted by Crippen LogP contribution is 2.07. The van der Waals surface area contributed by atoms with Crippen LogP contribution in [0.25, 0.3) is 0 Å². The summed E-state index contributed by atoms with van der Waals surface area (Å²) in [6.45, 7) is 10.4. The van der Waals surface area contributed by atoms with Gasteiger partial charge in [0, 0.05) is 0 Å². The Kier molecular flexibility index (Phi) is 5.91. The second-order valence-electron chi connectivity index (χ2n) is 3.26. The number of hydrogen-bond acceptors (Lipinski definition) is 0. The van der Waals surface area contributed by atoms with Crippen molar-refractivity contribution < 1.29 is 0 Å². The molecule has 0 spiro atoms. The van der Waals surface area contributed by atoms with Gasteiger partial charge in [-0.05, 0) is 18.3 Å². The highest BCUT2D eigenvalue weighted by molar-refractivity contribution is 4.90. The molecule has 0 fully saturated rings. The average molecular weight is 152 g/mol. The van der Waals surface area contributed by atoms with Crippen LogP contribution >= 0.6 is 0 Å². The summed E-state index contributed by atoms with van der Waals surface area (Å²) < 4.78 is 0. The van der Waals surface area contributed by atoms with Gasteiger partial charge in [0.1, 0.15) is 0 Å². The molecular formula is C11H20. The van der Waals surface area contributed by atoms with E-state index in [1.165, 1.54) is 6.42 Å². The van der Waals surface area contributed by atoms with Gasteiger partial charge >= 0.3 is 0 Å². The summed E-state index contributed by atoms with van der Waals surface area (Å²) in [7, 11) is 0. The molecule has 0 saturated heterocycles. The minimum Gasteiger partial charge on any atom is -0.103 e. The standard InChI is InChI=1S/C11H20/c1-5-10(3)8-7-9-11(4)6-2/h5,7,9-11H,1,6,8H2,2-4H3/b9-7-. The van der Waals surface area contributed by atoms with E-state index in [-0.39, 0.29) is 0 Å². The summed E-state index contributed by atoms with van der Waals surface area (Å²) in [5.41, 5.74) is 0. The van der Waals surface area contributed by atoms with Crippen LogP contribution in [0.2, 0.25) is 0 Å². The maximum atomic E-state index is 3.74. The zero-order valence-corrected chi connectivity index (χ0v) is 8.01. The van der Waals surface area contributed by atoms with Gasteiger partial charge in [-0.25, -0.2) is 0 Å². The summed E-state index contributed by atoms with van der Waals surface area (Å²) >= 11 is 0. The molecule has 0 aliphatic heterocycles. The van der Waals surface area contributed by atoms with Gasteiger partial charge in [-0.2, -0.15) is 0 Å². The fourth-order valence-corrected chi connectivity index (χ4v) is 0.758. The Balaban J connectivity index is 3.50. The van der Waals surface area contributed by atoms with Crippen LogP contribution in [0, 0.1) is 11.8 Å². The second-order valence-corrected chi connectivity index (χ2v) is 3.26. The lowest BCUT2D eigenvalue weighted by Crippen LogP contribution is -1.87. The zero-order chi connectivity index (χ0) is 8.69. The van der Waals surface area contributed by atoms with E-state index in [4.69, 9.17) is 0 Å². The molecule has 0 radical (unpaired) electrons. The molecule has 0 amide bonds. The number of rotatable bonds is 5.